The molecule has 56 valence electrons. The van der Waals surface area contributed by atoms with Gasteiger partial charge in [-0.25, -0.2) is 0 Å². The molecule has 0 fully saturated rings. The van der Waals surface area contributed by atoms with Crippen LogP contribution in [0.2, 0.25) is 0 Å². The third kappa shape index (κ3) is 1.26. The lowest BCUT2D eigenvalue weighted by molar-refractivity contribution is -0.117. The van der Waals surface area contributed by atoms with Crippen molar-refractivity contribution >= 4 is 23.2 Å². The number of allylic oxidation sites excluding steroid dienone is 1. The largest absolute Gasteiger partial charge is 0.299 e. The van der Waals surface area contributed by atoms with Crippen LogP contribution >= 0.6 is 11.3 Å². The first kappa shape index (κ1) is 6.80. The van der Waals surface area contributed by atoms with E-state index >= 15 is 0 Å². The van der Waals surface area contributed by atoms with E-state index in [2.05, 4.69) is 6.07 Å². The van der Waals surface area contributed by atoms with E-state index in [1.807, 2.05) is 17.5 Å². The van der Waals surface area contributed by atoms with E-state index in [4.69, 9.17) is 0 Å². The van der Waals surface area contributed by atoms with Crippen LogP contribution in [0.3, 0.4) is 0 Å². The summed E-state index contributed by atoms with van der Waals surface area (Å²) in [6.45, 7) is 0. The van der Waals surface area contributed by atoms with E-state index in [1.165, 1.54) is 10.4 Å². The number of hydrogen-bond acceptors (Lipinski definition) is 2. The van der Waals surface area contributed by atoms with Crippen molar-refractivity contribution in [1.82, 2.24) is 0 Å². The van der Waals surface area contributed by atoms with Gasteiger partial charge < -0.3 is 0 Å². The molecule has 0 radical (unpaired) electrons. The average molecular weight is 164 g/mol. The fourth-order valence-corrected chi connectivity index (χ4v) is 2.11. The van der Waals surface area contributed by atoms with Gasteiger partial charge >= 0.3 is 0 Å². The van der Waals surface area contributed by atoms with Crippen LogP contribution in [0.1, 0.15) is 16.9 Å². The molecule has 1 aromatic rings. The van der Waals surface area contributed by atoms with Crippen molar-refractivity contribution in [3.8, 4) is 0 Å². The highest BCUT2D eigenvalue weighted by atomic mass is 32.1. The number of ketones is 1. The Balaban J connectivity index is 2.44. The molecule has 1 heterocycles. The summed E-state index contributed by atoms with van der Waals surface area (Å²) in [5.74, 6) is 0.322. The first-order valence-corrected chi connectivity index (χ1v) is 4.49. The van der Waals surface area contributed by atoms with Gasteiger partial charge in [0.25, 0.3) is 0 Å². The lowest BCUT2D eigenvalue weighted by Crippen LogP contribution is -1.97. The predicted octanol–water partition coefficient (Wildman–Crippen LogP) is 2.28. The van der Waals surface area contributed by atoms with Crippen molar-refractivity contribution in [2.75, 3.05) is 0 Å². The number of hydrogen-bond donors (Lipinski definition) is 0. The van der Waals surface area contributed by atoms with Crippen molar-refractivity contribution in [3.05, 3.63) is 28.0 Å². The molecule has 0 saturated heterocycles. The highest BCUT2D eigenvalue weighted by Crippen LogP contribution is 2.22. The van der Waals surface area contributed by atoms with Crippen molar-refractivity contribution in [2.24, 2.45) is 0 Å². The number of Topliss-reactive ketones (excluding diaryl/α,β-unsaturated/α-hetero) is 1. The topological polar surface area (TPSA) is 17.1 Å². The molecule has 1 aliphatic rings. The molecule has 0 aromatic carbocycles. The quantitative estimate of drug-likeness (QED) is 0.575. The fourth-order valence-electron chi connectivity index (χ4n) is 1.21. The van der Waals surface area contributed by atoms with Crippen LogP contribution in [-0.4, -0.2) is 5.78 Å². The Morgan fingerprint density at radius 2 is 2.36 bits per heavy atom. The van der Waals surface area contributed by atoms with Gasteiger partial charge in [-0.05, 0) is 17.0 Å². The van der Waals surface area contributed by atoms with E-state index in [1.54, 1.807) is 11.3 Å². The van der Waals surface area contributed by atoms with Crippen molar-refractivity contribution in [1.29, 1.82) is 0 Å². The van der Waals surface area contributed by atoms with Gasteiger partial charge in [-0.1, -0.05) is 12.2 Å². The second-order valence-corrected chi connectivity index (χ2v) is 3.62. The lowest BCUT2D eigenvalue weighted by Gasteiger charge is -1.91. The smallest absolute Gasteiger partial charge is 0.141 e. The van der Waals surface area contributed by atoms with E-state index in [-0.39, 0.29) is 0 Å². The zero-order chi connectivity index (χ0) is 7.68. The molecule has 0 spiro atoms. The molecule has 1 aliphatic carbocycles. The van der Waals surface area contributed by atoms with E-state index < -0.39 is 0 Å². The summed E-state index contributed by atoms with van der Waals surface area (Å²) in [5, 5.41) is 2.04. The minimum Gasteiger partial charge on any atom is -0.299 e. The van der Waals surface area contributed by atoms with Gasteiger partial charge in [0.2, 0.25) is 0 Å². The Bertz CT molecular complexity index is 309. The Labute approximate surface area is 69.4 Å². The minimum absolute atomic E-state index is 0.322. The predicted molar refractivity (Wildman–Crippen MR) is 46.7 cm³/mol. The average Bonchev–Trinajstić information content (AvgIpc) is 2.31. The maximum Gasteiger partial charge on any atom is 0.141 e. The summed E-state index contributed by atoms with van der Waals surface area (Å²) in [6.07, 6.45) is 5.21. The van der Waals surface area contributed by atoms with Gasteiger partial charge in [-0.15, -0.1) is 11.3 Å². The summed E-state index contributed by atoms with van der Waals surface area (Å²) in [7, 11) is 0. The lowest BCUT2D eigenvalue weighted by atomic mass is 10.2. The van der Waals surface area contributed by atoms with Crippen LogP contribution in [0, 0.1) is 0 Å². The first-order chi connectivity index (χ1) is 5.36. The van der Waals surface area contributed by atoms with Crippen LogP contribution < -0.4 is 0 Å². The third-order valence-corrected chi connectivity index (χ3v) is 2.72. The maximum atomic E-state index is 11.1. The zero-order valence-electron chi connectivity index (χ0n) is 6.04. The van der Waals surface area contributed by atoms with Crippen LogP contribution in [0.15, 0.2) is 17.5 Å². The highest BCUT2D eigenvalue weighted by Gasteiger charge is 2.09. The SMILES string of the molecule is O=C1CC=Cc2ccsc2C1. The standard InChI is InChI=1S/C9H8OS/c10-8-3-1-2-7-4-5-11-9(7)6-8/h1-2,4-5H,3,6H2. The summed E-state index contributed by atoms with van der Waals surface area (Å²) < 4.78 is 0. The molecule has 0 N–H and O–H groups in total. The molecule has 0 saturated carbocycles. The molecule has 2 heteroatoms. The maximum absolute atomic E-state index is 11.1. The molecule has 0 amide bonds. The third-order valence-electron chi connectivity index (χ3n) is 1.78. The summed E-state index contributed by atoms with van der Waals surface area (Å²) in [4.78, 5) is 12.3. The second kappa shape index (κ2) is 2.62. The molecular weight excluding hydrogens is 156 g/mol. The van der Waals surface area contributed by atoms with Crippen LogP contribution in [-0.2, 0) is 11.2 Å². The minimum atomic E-state index is 0.322. The molecule has 0 atom stereocenters. The molecule has 2 rings (SSSR count). The van der Waals surface area contributed by atoms with Crippen LogP contribution in [0.5, 0.6) is 0 Å². The van der Waals surface area contributed by atoms with E-state index in [0.29, 0.717) is 18.6 Å². The Morgan fingerprint density at radius 1 is 1.45 bits per heavy atom. The van der Waals surface area contributed by atoms with Gasteiger partial charge in [0.05, 0.1) is 0 Å². The molecular formula is C9H8OS. The normalized spacial score (nSPS) is 16.2. The number of fused-ring (bicyclic) bond motifs is 1. The molecule has 0 unspecified atom stereocenters. The number of thiophene rings is 1. The molecule has 11 heavy (non-hydrogen) atoms. The van der Waals surface area contributed by atoms with E-state index in [9.17, 15) is 4.79 Å². The molecule has 1 aromatic heterocycles. The zero-order valence-corrected chi connectivity index (χ0v) is 6.86. The van der Waals surface area contributed by atoms with Gasteiger partial charge in [0.1, 0.15) is 5.78 Å². The van der Waals surface area contributed by atoms with Crippen LogP contribution in [0.4, 0.5) is 0 Å². The van der Waals surface area contributed by atoms with Gasteiger partial charge in [-0.3, -0.25) is 4.79 Å². The summed E-state index contributed by atoms with van der Waals surface area (Å²) in [5.41, 5.74) is 1.22. The first-order valence-electron chi connectivity index (χ1n) is 3.61. The summed E-state index contributed by atoms with van der Waals surface area (Å²) in [6, 6.07) is 2.06. The number of rotatable bonds is 0. The Hall–Kier alpha value is -0.890. The summed E-state index contributed by atoms with van der Waals surface area (Å²) >= 11 is 1.67. The van der Waals surface area contributed by atoms with Gasteiger partial charge in [0.15, 0.2) is 0 Å². The Kier molecular flexibility index (Phi) is 1.62. The number of carbonyl (C=O) groups is 1. The van der Waals surface area contributed by atoms with E-state index in [0.717, 1.165) is 0 Å². The highest BCUT2D eigenvalue weighted by molar-refractivity contribution is 7.10. The van der Waals surface area contributed by atoms with Crippen LogP contribution in [0.25, 0.3) is 6.08 Å². The second-order valence-electron chi connectivity index (χ2n) is 2.62. The fraction of sp³-hybridized carbons (Fsp3) is 0.222. The van der Waals surface area contributed by atoms with Crippen molar-refractivity contribution in [3.63, 3.8) is 0 Å². The van der Waals surface area contributed by atoms with Crippen molar-refractivity contribution < 1.29 is 4.79 Å². The molecule has 0 aliphatic heterocycles. The van der Waals surface area contributed by atoms with Crippen molar-refractivity contribution in [2.45, 2.75) is 12.8 Å². The molecule has 0 bridgehead atoms. The monoisotopic (exact) mass is 164 g/mol. The Morgan fingerprint density at radius 3 is 3.27 bits per heavy atom. The van der Waals surface area contributed by atoms with Gasteiger partial charge in [-0.2, -0.15) is 0 Å². The molecule has 1 nitrogen and oxygen atoms in total. The number of carbonyl (C=O) groups excluding carboxylic acids is 1. The van der Waals surface area contributed by atoms with Gasteiger partial charge in [0, 0.05) is 17.7 Å².